The van der Waals surface area contributed by atoms with Gasteiger partial charge in [-0.2, -0.15) is 4.98 Å². The minimum atomic E-state index is -4.93. The van der Waals surface area contributed by atoms with E-state index in [1.165, 1.54) is 0 Å². The fourth-order valence-corrected chi connectivity index (χ4v) is 2.56. The highest BCUT2D eigenvalue weighted by molar-refractivity contribution is 7.47. The van der Waals surface area contributed by atoms with Crippen LogP contribution in [0.1, 0.15) is 0 Å². The molecule has 1 aromatic heterocycles. The highest BCUT2D eigenvalue weighted by Crippen LogP contribution is 2.43. The zero-order valence-electron chi connectivity index (χ0n) is 11.3. The second-order valence-electron chi connectivity index (χ2n) is 4.44. The second-order valence-corrected chi connectivity index (χ2v) is 5.75. The first-order valence-corrected chi connectivity index (χ1v) is 7.57. The summed E-state index contributed by atoms with van der Waals surface area (Å²) in [6, 6.07) is 1.13. The van der Waals surface area contributed by atoms with Gasteiger partial charge in [0.05, 0.1) is 6.20 Å². The van der Waals surface area contributed by atoms with Gasteiger partial charge in [-0.1, -0.05) is 0 Å². The van der Waals surface area contributed by atoms with E-state index in [0.29, 0.717) is 4.73 Å². The van der Waals surface area contributed by atoms with Crippen molar-refractivity contribution in [1.29, 1.82) is 0 Å². The number of nitrogen functional groups attached to an aromatic ring is 1. The summed E-state index contributed by atoms with van der Waals surface area (Å²) in [6.07, 6.45) is -5.31. The molecule has 0 aliphatic carbocycles. The molecular formula is C9H14N3O10P. The number of phosphoric acid groups is 1. The Balaban J connectivity index is 2.06. The van der Waals surface area contributed by atoms with Gasteiger partial charge < -0.3 is 25.3 Å². The van der Waals surface area contributed by atoms with Crippen LogP contribution in [-0.2, 0) is 18.7 Å². The van der Waals surface area contributed by atoms with Crippen molar-refractivity contribution < 1.29 is 43.7 Å². The van der Waals surface area contributed by atoms with Crippen molar-refractivity contribution >= 4 is 13.6 Å². The zero-order chi connectivity index (χ0) is 17.2. The molecule has 23 heavy (non-hydrogen) atoms. The maximum atomic E-state index is 11.8. The molecule has 2 unspecified atom stereocenters. The predicted octanol–water partition coefficient (Wildman–Crippen LogP) is -2.69. The minimum absolute atomic E-state index is 0.131. The summed E-state index contributed by atoms with van der Waals surface area (Å²) in [5.41, 5.74) is 4.16. The lowest BCUT2D eigenvalue weighted by atomic mass is 10.1. The Hall–Kier alpha value is -1.57. The van der Waals surface area contributed by atoms with Crippen LogP contribution < -0.4 is 16.0 Å². The highest BCUT2D eigenvalue weighted by Gasteiger charge is 2.47. The minimum Gasteiger partial charge on any atom is -0.387 e. The SMILES string of the molecule is Nc1ccn(OP(=O)(O)OC2O[C@H](COO)[C@@H](O)[C@H]2O)c(=O)n1. The smallest absolute Gasteiger partial charge is 0.387 e. The van der Waals surface area contributed by atoms with Crippen LogP contribution in [-0.4, -0.2) is 61.3 Å². The van der Waals surface area contributed by atoms with Gasteiger partial charge in [0, 0.05) is 6.07 Å². The van der Waals surface area contributed by atoms with E-state index in [4.69, 9.17) is 15.7 Å². The normalized spacial score (nSPS) is 30.1. The average molecular weight is 355 g/mol. The Kier molecular flexibility index (Phi) is 5.33. The van der Waals surface area contributed by atoms with E-state index in [1.54, 1.807) is 0 Å². The lowest BCUT2D eigenvalue weighted by molar-refractivity contribution is -0.267. The van der Waals surface area contributed by atoms with E-state index >= 15 is 0 Å². The first kappa shape index (κ1) is 17.8. The van der Waals surface area contributed by atoms with E-state index in [0.717, 1.165) is 12.3 Å². The average Bonchev–Trinajstić information content (AvgIpc) is 2.70. The molecule has 1 fully saturated rings. The van der Waals surface area contributed by atoms with Crippen LogP contribution in [0, 0.1) is 0 Å². The van der Waals surface area contributed by atoms with Crippen molar-refractivity contribution in [3.8, 4) is 0 Å². The predicted molar refractivity (Wildman–Crippen MR) is 69.7 cm³/mol. The topological polar surface area (TPSA) is 196 Å². The number of rotatable bonds is 6. The Labute approximate surface area is 127 Å². The zero-order valence-corrected chi connectivity index (χ0v) is 12.2. The van der Waals surface area contributed by atoms with Crippen LogP contribution in [0.3, 0.4) is 0 Å². The van der Waals surface area contributed by atoms with Crippen LogP contribution >= 0.6 is 7.82 Å². The Morgan fingerprint density at radius 1 is 1.43 bits per heavy atom. The van der Waals surface area contributed by atoms with Gasteiger partial charge in [-0.3, -0.25) is 10.2 Å². The van der Waals surface area contributed by atoms with Gasteiger partial charge in [-0.15, -0.1) is 4.73 Å². The number of nitrogens with zero attached hydrogens (tertiary/aromatic N) is 2. The van der Waals surface area contributed by atoms with Crippen molar-refractivity contribution in [3.05, 3.63) is 22.7 Å². The summed E-state index contributed by atoms with van der Waals surface area (Å²) < 4.78 is 26.0. The lowest BCUT2D eigenvalue weighted by Gasteiger charge is -2.19. The van der Waals surface area contributed by atoms with E-state index in [2.05, 4.69) is 19.0 Å². The number of aliphatic hydroxyl groups excluding tert-OH is 2. The Bertz CT molecular complexity index is 653. The molecule has 13 nitrogen and oxygen atoms in total. The molecule has 2 heterocycles. The summed E-state index contributed by atoms with van der Waals surface area (Å²) >= 11 is 0. The van der Waals surface area contributed by atoms with Gasteiger partial charge in [-0.05, 0) is 0 Å². The van der Waals surface area contributed by atoms with Crippen molar-refractivity contribution in [1.82, 2.24) is 9.71 Å². The summed E-state index contributed by atoms with van der Waals surface area (Å²) in [6.45, 7) is -0.518. The van der Waals surface area contributed by atoms with Gasteiger partial charge >= 0.3 is 13.5 Å². The van der Waals surface area contributed by atoms with E-state index in [9.17, 15) is 24.5 Å². The molecule has 5 atom stereocenters. The fourth-order valence-electron chi connectivity index (χ4n) is 1.74. The van der Waals surface area contributed by atoms with Crippen molar-refractivity contribution in [3.63, 3.8) is 0 Å². The number of anilines is 1. The molecule has 0 aromatic carbocycles. The number of ether oxygens (including phenoxy) is 1. The number of phosphoric ester groups is 1. The lowest BCUT2D eigenvalue weighted by Crippen LogP contribution is -2.35. The molecule has 1 aromatic rings. The third kappa shape index (κ3) is 4.25. The fraction of sp³-hybridized carbons (Fsp3) is 0.556. The van der Waals surface area contributed by atoms with Crippen molar-refractivity contribution in [2.75, 3.05) is 12.3 Å². The first-order valence-electron chi connectivity index (χ1n) is 6.08. The maximum absolute atomic E-state index is 11.8. The summed E-state index contributed by atoms with van der Waals surface area (Å²) in [5.74, 6) is -0.131. The van der Waals surface area contributed by atoms with Crippen LogP contribution in [0.4, 0.5) is 5.82 Å². The van der Waals surface area contributed by atoms with Crippen LogP contribution in [0.5, 0.6) is 0 Å². The molecular weight excluding hydrogens is 341 g/mol. The molecule has 0 bridgehead atoms. The number of hydrogen-bond donors (Lipinski definition) is 5. The molecule has 0 saturated carbocycles. The van der Waals surface area contributed by atoms with Gasteiger partial charge in [0.25, 0.3) is 0 Å². The molecule has 1 aliphatic rings. The van der Waals surface area contributed by atoms with Gasteiger partial charge in [-0.25, -0.2) is 18.8 Å². The summed E-state index contributed by atoms with van der Waals surface area (Å²) in [5, 5.41) is 27.5. The number of nitrogens with two attached hydrogens (primary N) is 1. The molecule has 6 N–H and O–H groups in total. The van der Waals surface area contributed by atoms with Crippen molar-refractivity contribution in [2.24, 2.45) is 0 Å². The largest absolute Gasteiger partial charge is 0.549 e. The first-order chi connectivity index (χ1) is 10.7. The van der Waals surface area contributed by atoms with Gasteiger partial charge in [0.2, 0.25) is 0 Å². The van der Waals surface area contributed by atoms with E-state index < -0.39 is 44.7 Å². The number of aromatic nitrogens is 2. The van der Waals surface area contributed by atoms with Crippen molar-refractivity contribution in [2.45, 2.75) is 24.6 Å². The third-order valence-electron chi connectivity index (χ3n) is 2.78. The van der Waals surface area contributed by atoms with Gasteiger partial charge in [0.1, 0.15) is 30.7 Å². The molecule has 0 amide bonds. The standard InChI is InChI=1S/C9H14N3O10P/c10-5-1-2-12(9(15)11-5)22-23(17,18)21-8-7(14)6(13)4(20-8)3-19-16/h1-2,4,6-8,13-14,16H,3H2,(H,17,18)(H2,10,11,15)/t4-,6-,7-,8?/m1/s1. The van der Waals surface area contributed by atoms with Crippen LogP contribution in [0.25, 0.3) is 0 Å². The Morgan fingerprint density at radius 3 is 2.74 bits per heavy atom. The molecule has 0 spiro atoms. The number of hydrogen-bond acceptors (Lipinski definition) is 11. The third-order valence-corrected chi connectivity index (χ3v) is 3.64. The molecule has 0 radical (unpaired) electrons. The second kappa shape index (κ2) is 6.90. The van der Waals surface area contributed by atoms with Gasteiger partial charge in [0.15, 0.2) is 6.29 Å². The molecule has 2 rings (SSSR count). The quantitative estimate of drug-likeness (QED) is 0.201. The van der Waals surface area contributed by atoms with E-state index in [1.807, 2.05) is 0 Å². The monoisotopic (exact) mass is 355 g/mol. The summed E-state index contributed by atoms with van der Waals surface area (Å²) in [7, 11) is -4.93. The van der Waals surface area contributed by atoms with Crippen LogP contribution in [0.2, 0.25) is 0 Å². The Morgan fingerprint density at radius 2 is 2.13 bits per heavy atom. The summed E-state index contributed by atoms with van der Waals surface area (Å²) in [4.78, 5) is 28.0. The van der Waals surface area contributed by atoms with Crippen LogP contribution in [0.15, 0.2) is 17.1 Å². The molecule has 14 heteroatoms. The molecule has 1 saturated heterocycles. The highest BCUT2D eigenvalue weighted by atomic mass is 31.2. The molecule has 130 valence electrons. The van der Waals surface area contributed by atoms with E-state index in [-0.39, 0.29) is 5.82 Å². The number of aliphatic hydroxyl groups is 2. The maximum Gasteiger partial charge on any atom is 0.549 e. The molecule has 1 aliphatic heterocycles.